The first kappa shape index (κ1) is 24.9. The molecule has 0 saturated heterocycles. The van der Waals surface area contributed by atoms with Crippen molar-refractivity contribution in [3.05, 3.63) is 59.8 Å². The summed E-state index contributed by atoms with van der Waals surface area (Å²) in [6.07, 6.45) is 11.4. The molecule has 4 saturated carbocycles. The van der Waals surface area contributed by atoms with Gasteiger partial charge < -0.3 is 5.32 Å². The molecular weight excluding hydrogens is 512 g/mol. The maximum Gasteiger partial charge on any atom is 0.246 e. The lowest BCUT2D eigenvalue weighted by molar-refractivity contribution is -0.124. The molecule has 10 heteroatoms. The van der Waals surface area contributed by atoms with Gasteiger partial charge in [0.25, 0.3) is 0 Å². The Morgan fingerprint density at radius 3 is 2.44 bits per heavy atom. The lowest BCUT2D eigenvalue weighted by Gasteiger charge is -2.56. The normalized spacial score (nSPS) is 27.9. The van der Waals surface area contributed by atoms with Crippen LogP contribution in [0.4, 0.5) is 5.82 Å². The van der Waals surface area contributed by atoms with Gasteiger partial charge in [-0.05, 0) is 87.2 Å². The largest absolute Gasteiger partial charge is 0.310 e. The van der Waals surface area contributed by atoms with Crippen molar-refractivity contribution in [3.8, 4) is 5.69 Å². The summed E-state index contributed by atoms with van der Waals surface area (Å²) < 4.78 is 30.4. The van der Waals surface area contributed by atoms with Gasteiger partial charge >= 0.3 is 0 Å². The predicted octanol–water partition coefficient (Wildman–Crippen LogP) is 4.26. The van der Waals surface area contributed by atoms with Gasteiger partial charge in [0, 0.05) is 18.5 Å². The summed E-state index contributed by atoms with van der Waals surface area (Å²) >= 11 is 0. The number of para-hydroxylation sites is 1. The Bertz CT molecular complexity index is 1500. The Balaban J connectivity index is 1.07. The number of sulfonamides is 1. The molecule has 0 radical (unpaired) electrons. The highest BCUT2D eigenvalue weighted by Gasteiger charge is 2.51. The monoisotopic (exact) mass is 546 g/mol. The first-order valence-corrected chi connectivity index (χ1v) is 15.5. The average Bonchev–Trinajstić information content (AvgIpc) is 3.30. The molecular formula is C29H34N6O3S. The lowest BCUT2D eigenvalue weighted by atomic mass is 9.49. The predicted molar refractivity (Wildman–Crippen MR) is 145 cm³/mol. The molecule has 2 aromatic heterocycles. The summed E-state index contributed by atoms with van der Waals surface area (Å²) in [5, 5.41) is 7.44. The van der Waals surface area contributed by atoms with Crippen molar-refractivity contribution >= 4 is 21.7 Å². The minimum atomic E-state index is -3.79. The van der Waals surface area contributed by atoms with Gasteiger partial charge in [-0.25, -0.2) is 23.1 Å². The van der Waals surface area contributed by atoms with Crippen molar-refractivity contribution in [2.24, 2.45) is 23.2 Å². The second-order valence-corrected chi connectivity index (χ2v) is 14.1. The molecule has 1 amide bonds. The number of aromatic nitrogens is 4. The highest BCUT2D eigenvalue weighted by Crippen LogP contribution is 2.61. The zero-order chi connectivity index (χ0) is 26.8. The fourth-order valence-electron chi connectivity index (χ4n) is 8.28. The van der Waals surface area contributed by atoms with Crippen LogP contribution in [0, 0.1) is 30.1 Å². The second-order valence-electron chi connectivity index (χ2n) is 12.2. The maximum atomic E-state index is 13.6. The molecule has 5 aliphatic rings. The molecule has 9 nitrogen and oxygen atoms in total. The van der Waals surface area contributed by atoms with Crippen molar-refractivity contribution in [3.63, 3.8) is 0 Å². The van der Waals surface area contributed by atoms with Gasteiger partial charge in [-0.2, -0.15) is 9.40 Å². The van der Waals surface area contributed by atoms with Crippen LogP contribution in [0.25, 0.3) is 5.69 Å². The van der Waals surface area contributed by atoms with E-state index >= 15 is 0 Å². The topological polar surface area (TPSA) is 110 Å². The number of carbonyl (C=O) groups excluding carboxylic acids is 1. The summed E-state index contributed by atoms with van der Waals surface area (Å²) in [4.78, 5) is 22.3. The molecule has 4 aliphatic carbocycles. The first-order valence-electron chi connectivity index (χ1n) is 14.0. The highest BCUT2D eigenvalue weighted by atomic mass is 32.2. The number of hydrogen-bond donors (Lipinski definition) is 1. The van der Waals surface area contributed by atoms with Gasteiger partial charge in [0.2, 0.25) is 15.9 Å². The molecule has 1 aromatic carbocycles. The minimum Gasteiger partial charge on any atom is -0.310 e. The molecule has 204 valence electrons. The third-order valence-electron chi connectivity index (χ3n) is 9.51. The molecule has 1 N–H and O–H groups in total. The van der Waals surface area contributed by atoms with Crippen LogP contribution < -0.4 is 5.32 Å². The van der Waals surface area contributed by atoms with Crippen LogP contribution in [0.2, 0.25) is 0 Å². The van der Waals surface area contributed by atoms with Crippen LogP contribution in [0.5, 0.6) is 0 Å². The number of carbonyl (C=O) groups is 1. The quantitative estimate of drug-likeness (QED) is 0.495. The smallest absolute Gasteiger partial charge is 0.246 e. The van der Waals surface area contributed by atoms with Gasteiger partial charge in [-0.15, -0.1) is 0 Å². The standard InChI is InChI=1S/C29H34N6O3S/c1-19-26(16-32-35(19)23-5-3-2-4-6-23)39(37,38)34-8-7-24-25(17-34)30-18-31-28(24)33-27(36)15-29-12-20-9-21(13-29)11-22(10-20)14-29/h2-6,16,18,20-22H,7-15,17H2,1H3,(H,30,31,33,36). The average molecular weight is 547 g/mol. The van der Waals surface area contributed by atoms with E-state index in [0.717, 1.165) is 29.0 Å². The number of nitrogens with one attached hydrogen (secondary N) is 1. The van der Waals surface area contributed by atoms with E-state index in [-0.39, 0.29) is 29.3 Å². The molecule has 8 rings (SSSR count). The number of amides is 1. The molecule has 0 atom stereocenters. The Labute approximate surface area is 229 Å². The fraction of sp³-hybridized carbons (Fsp3) is 0.517. The summed E-state index contributed by atoms with van der Waals surface area (Å²) in [5.74, 6) is 2.95. The van der Waals surface area contributed by atoms with Crippen molar-refractivity contribution in [2.75, 3.05) is 11.9 Å². The molecule has 4 bridgehead atoms. The summed E-state index contributed by atoms with van der Waals surface area (Å²) in [7, 11) is -3.79. The van der Waals surface area contributed by atoms with E-state index in [1.54, 1.807) is 11.6 Å². The zero-order valence-electron chi connectivity index (χ0n) is 22.2. The van der Waals surface area contributed by atoms with Gasteiger partial charge in [0.1, 0.15) is 17.0 Å². The summed E-state index contributed by atoms with van der Waals surface area (Å²) in [5.41, 5.74) is 2.99. The van der Waals surface area contributed by atoms with Crippen LogP contribution in [0.1, 0.15) is 61.9 Å². The van der Waals surface area contributed by atoms with E-state index < -0.39 is 10.0 Å². The lowest BCUT2D eigenvalue weighted by Crippen LogP contribution is -2.47. The molecule has 3 aromatic rings. The van der Waals surface area contributed by atoms with Gasteiger partial charge in [-0.1, -0.05) is 18.2 Å². The Hall–Kier alpha value is -3.11. The van der Waals surface area contributed by atoms with E-state index in [4.69, 9.17) is 0 Å². The van der Waals surface area contributed by atoms with Crippen molar-refractivity contribution in [2.45, 2.75) is 69.7 Å². The van der Waals surface area contributed by atoms with E-state index in [2.05, 4.69) is 20.4 Å². The van der Waals surface area contributed by atoms with E-state index in [1.165, 1.54) is 55.4 Å². The highest BCUT2D eigenvalue weighted by molar-refractivity contribution is 7.89. The van der Waals surface area contributed by atoms with Gasteiger partial charge in [0.05, 0.1) is 29.8 Å². The van der Waals surface area contributed by atoms with Gasteiger partial charge in [-0.3, -0.25) is 4.79 Å². The number of nitrogens with zero attached hydrogens (tertiary/aromatic N) is 5. The Morgan fingerprint density at radius 2 is 1.74 bits per heavy atom. The van der Waals surface area contributed by atoms with Crippen LogP contribution in [-0.2, 0) is 27.8 Å². The molecule has 1 aliphatic heterocycles. The van der Waals surface area contributed by atoms with Crippen LogP contribution >= 0.6 is 0 Å². The van der Waals surface area contributed by atoms with Crippen LogP contribution in [-0.4, -0.2) is 44.9 Å². The van der Waals surface area contributed by atoms with E-state index in [1.807, 2.05) is 30.3 Å². The van der Waals surface area contributed by atoms with E-state index in [9.17, 15) is 13.2 Å². The van der Waals surface area contributed by atoms with Crippen LogP contribution in [0.15, 0.2) is 47.8 Å². The maximum absolute atomic E-state index is 13.6. The number of benzene rings is 1. The summed E-state index contributed by atoms with van der Waals surface area (Å²) in [6, 6.07) is 9.48. The second kappa shape index (κ2) is 9.23. The minimum absolute atomic E-state index is 0.0249. The number of hydrogen-bond acceptors (Lipinski definition) is 6. The zero-order valence-corrected chi connectivity index (χ0v) is 23.0. The Morgan fingerprint density at radius 1 is 1.05 bits per heavy atom. The number of anilines is 1. The molecule has 39 heavy (non-hydrogen) atoms. The van der Waals surface area contributed by atoms with Crippen molar-refractivity contribution in [1.82, 2.24) is 24.1 Å². The van der Waals surface area contributed by atoms with Crippen molar-refractivity contribution < 1.29 is 13.2 Å². The van der Waals surface area contributed by atoms with E-state index in [0.29, 0.717) is 30.0 Å². The third-order valence-corrected chi connectivity index (χ3v) is 11.5. The third kappa shape index (κ3) is 4.37. The Kier molecular flexibility index (Phi) is 5.89. The molecule has 3 heterocycles. The first-order chi connectivity index (χ1) is 18.8. The fourth-order valence-corrected chi connectivity index (χ4v) is 9.83. The molecule has 4 fully saturated rings. The SMILES string of the molecule is Cc1c(S(=O)(=O)N2CCc3c(ncnc3NC(=O)CC34CC5CC(CC(C5)C3)C4)C2)cnn1-c1ccccc1. The number of fused-ring (bicyclic) bond motifs is 1. The molecule has 0 spiro atoms. The van der Waals surface area contributed by atoms with Gasteiger partial charge in [0.15, 0.2) is 0 Å². The molecule has 0 unspecified atom stereocenters. The van der Waals surface area contributed by atoms with Crippen molar-refractivity contribution in [1.29, 1.82) is 0 Å². The van der Waals surface area contributed by atoms with Crippen LogP contribution in [0.3, 0.4) is 0 Å². The summed E-state index contributed by atoms with van der Waals surface area (Å²) in [6.45, 7) is 2.19. The number of rotatable bonds is 6.